The van der Waals surface area contributed by atoms with Crippen molar-refractivity contribution in [2.45, 2.75) is 52.0 Å². The second-order valence-corrected chi connectivity index (χ2v) is 7.32. The molecule has 0 spiro atoms. The van der Waals surface area contributed by atoms with Crippen molar-refractivity contribution in [2.75, 3.05) is 10.6 Å². The van der Waals surface area contributed by atoms with Gasteiger partial charge in [0.15, 0.2) is 5.92 Å². The van der Waals surface area contributed by atoms with Crippen molar-refractivity contribution in [1.29, 1.82) is 0 Å². The first-order valence-electron chi connectivity index (χ1n) is 9.90. The van der Waals surface area contributed by atoms with Crippen molar-refractivity contribution in [2.24, 2.45) is 5.92 Å². The van der Waals surface area contributed by atoms with Gasteiger partial charge in [0.25, 0.3) is 0 Å². The molecule has 0 radical (unpaired) electrons. The third kappa shape index (κ3) is 4.47. The molecule has 2 fully saturated rings. The van der Waals surface area contributed by atoms with Crippen LogP contribution in [0.3, 0.4) is 0 Å². The fourth-order valence-corrected chi connectivity index (χ4v) is 3.91. The number of urea groups is 1. The van der Waals surface area contributed by atoms with Gasteiger partial charge in [0.1, 0.15) is 0 Å². The van der Waals surface area contributed by atoms with Crippen molar-refractivity contribution in [1.82, 2.24) is 10.2 Å². The van der Waals surface area contributed by atoms with Crippen LogP contribution in [0.4, 0.5) is 16.2 Å². The summed E-state index contributed by atoms with van der Waals surface area (Å²) in [4.78, 5) is 50.8. The molecule has 8 nitrogen and oxygen atoms in total. The minimum absolute atomic E-state index is 0.184. The van der Waals surface area contributed by atoms with Crippen LogP contribution in [0.5, 0.6) is 0 Å². The molecule has 1 aromatic rings. The largest absolute Gasteiger partial charge is 0.356 e. The Bertz CT molecular complexity index is 858. The van der Waals surface area contributed by atoms with E-state index in [0.29, 0.717) is 17.1 Å². The maximum Gasteiger partial charge on any atom is 0.331 e. The van der Waals surface area contributed by atoms with Gasteiger partial charge in [-0.05, 0) is 31.9 Å². The summed E-state index contributed by atoms with van der Waals surface area (Å²) >= 11 is 0. The smallest absolute Gasteiger partial charge is 0.331 e. The molecule has 0 aromatic heterocycles. The van der Waals surface area contributed by atoms with Crippen molar-refractivity contribution in [3.05, 3.63) is 36.0 Å². The van der Waals surface area contributed by atoms with E-state index in [1.807, 2.05) is 0 Å². The molecule has 3 N–H and O–H groups in total. The first kappa shape index (κ1) is 20.6. The molecular formula is C21H26N4O4. The molecule has 154 valence electrons. The molecular weight excluding hydrogens is 372 g/mol. The Labute approximate surface area is 169 Å². The Balaban J connectivity index is 1.86. The van der Waals surface area contributed by atoms with E-state index in [2.05, 4.69) is 16.0 Å². The summed E-state index contributed by atoms with van der Waals surface area (Å²) in [5, 5.41) is 8.15. The summed E-state index contributed by atoms with van der Waals surface area (Å²) in [5.74, 6) is -2.54. The number of barbiturate groups is 1. The fourth-order valence-electron chi connectivity index (χ4n) is 3.91. The Kier molecular flexibility index (Phi) is 6.31. The first-order chi connectivity index (χ1) is 13.9. The summed E-state index contributed by atoms with van der Waals surface area (Å²) in [6.07, 6.45) is 6.15. The van der Waals surface area contributed by atoms with E-state index < -0.39 is 23.8 Å². The molecule has 8 heteroatoms. The van der Waals surface area contributed by atoms with E-state index in [9.17, 15) is 19.2 Å². The molecule has 1 aliphatic heterocycles. The number of para-hydroxylation sites is 2. The Hall–Kier alpha value is -3.16. The van der Waals surface area contributed by atoms with Crippen molar-refractivity contribution in [3.8, 4) is 0 Å². The predicted molar refractivity (Wildman–Crippen MR) is 109 cm³/mol. The summed E-state index contributed by atoms with van der Waals surface area (Å²) in [5.41, 5.74) is 1.44. The number of imide groups is 2. The highest BCUT2D eigenvalue weighted by atomic mass is 16.2. The van der Waals surface area contributed by atoms with Crippen LogP contribution in [0.2, 0.25) is 0 Å². The van der Waals surface area contributed by atoms with Crippen LogP contribution >= 0.6 is 0 Å². The van der Waals surface area contributed by atoms with E-state index >= 15 is 0 Å². The monoisotopic (exact) mass is 398 g/mol. The van der Waals surface area contributed by atoms with E-state index in [1.165, 1.54) is 11.8 Å². The van der Waals surface area contributed by atoms with Gasteiger partial charge in [-0.25, -0.2) is 4.79 Å². The summed E-state index contributed by atoms with van der Waals surface area (Å²) < 4.78 is 0. The Morgan fingerprint density at radius 3 is 2.28 bits per heavy atom. The number of amides is 5. The fraction of sp³-hybridized carbons (Fsp3) is 0.429. The molecule has 2 aliphatic rings. The van der Waals surface area contributed by atoms with Gasteiger partial charge in [-0.1, -0.05) is 37.5 Å². The number of nitrogens with one attached hydrogen (secondary N) is 3. The number of benzene rings is 1. The van der Waals surface area contributed by atoms with Gasteiger partial charge in [-0.2, -0.15) is 0 Å². The molecule has 0 unspecified atom stereocenters. The van der Waals surface area contributed by atoms with Crippen molar-refractivity contribution < 1.29 is 19.2 Å². The van der Waals surface area contributed by atoms with Gasteiger partial charge < -0.3 is 10.6 Å². The second kappa shape index (κ2) is 8.89. The van der Waals surface area contributed by atoms with Crippen LogP contribution in [0.1, 0.15) is 46.0 Å². The van der Waals surface area contributed by atoms with E-state index in [4.69, 9.17) is 0 Å². The molecule has 1 aromatic carbocycles. The SMILES string of the molecule is C/C=C(\Nc1ccccc1NC(C)=O)[C@@H]1C(=O)NC(=O)N(C2CCCCC2)C1=O. The van der Waals surface area contributed by atoms with Crippen LogP contribution in [-0.2, 0) is 14.4 Å². The molecule has 0 bridgehead atoms. The van der Waals surface area contributed by atoms with Gasteiger partial charge in [-0.3, -0.25) is 24.6 Å². The minimum atomic E-state index is -1.15. The van der Waals surface area contributed by atoms with E-state index in [1.54, 1.807) is 37.3 Å². The zero-order valence-corrected chi connectivity index (χ0v) is 16.7. The van der Waals surface area contributed by atoms with Gasteiger partial charge in [0, 0.05) is 18.7 Å². The number of allylic oxidation sites excluding steroid dienone is 1. The number of carbonyl (C=O) groups is 4. The Morgan fingerprint density at radius 1 is 1.07 bits per heavy atom. The first-order valence-corrected chi connectivity index (χ1v) is 9.90. The van der Waals surface area contributed by atoms with Gasteiger partial charge in [-0.15, -0.1) is 0 Å². The molecule has 5 amide bonds. The van der Waals surface area contributed by atoms with Gasteiger partial charge in [0.05, 0.1) is 11.4 Å². The number of hydrogen-bond donors (Lipinski definition) is 3. The third-order valence-electron chi connectivity index (χ3n) is 5.27. The highest BCUT2D eigenvalue weighted by molar-refractivity contribution is 6.18. The molecule has 29 heavy (non-hydrogen) atoms. The van der Waals surface area contributed by atoms with Crippen LogP contribution in [-0.4, -0.2) is 34.7 Å². The molecule has 1 heterocycles. The lowest BCUT2D eigenvalue weighted by Gasteiger charge is -2.38. The quantitative estimate of drug-likeness (QED) is 0.661. The highest BCUT2D eigenvalue weighted by Gasteiger charge is 2.45. The maximum absolute atomic E-state index is 13.2. The highest BCUT2D eigenvalue weighted by Crippen LogP contribution is 2.30. The average Bonchev–Trinajstić information content (AvgIpc) is 2.68. The zero-order chi connectivity index (χ0) is 21.0. The van der Waals surface area contributed by atoms with Gasteiger partial charge >= 0.3 is 6.03 Å². The number of anilines is 2. The summed E-state index contributed by atoms with van der Waals surface area (Å²) in [6, 6.07) is 6.19. The second-order valence-electron chi connectivity index (χ2n) is 7.32. The number of nitrogens with zero attached hydrogens (tertiary/aromatic N) is 1. The number of carbonyl (C=O) groups excluding carboxylic acids is 4. The predicted octanol–water partition coefficient (Wildman–Crippen LogP) is 2.99. The Morgan fingerprint density at radius 2 is 1.69 bits per heavy atom. The van der Waals surface area contributed by atoms with Crippen LogP contribution in [0, 0.1) is 5.92 Å². The van der Waals surface area contributed by atoms with Gasteiger partial charge in [0.2, 0.25) is 17.7 Å². The number of rotatable bonds is 5. The minimum Gasteiger partial charge on any atom is -0.356 e. The topological polar surface area (TPSA) is 108 Å². The lowest BCUT2D eigenvalue weighted by molar-refractivity contribution is -0.142. The van der Waals surface area contributed by atoms with E-state index in [-0.39, 0.29) is 11.9 Å². The zero-order valence-electron chi connectivity index (χ0n) is 16.7. The molecule has 1 aliphatic carbocycles. The maximum atomic E-state index is 13.2. The lowest BCUT2D eigenvalue weighted by Crippen LogP contribution is -2.61. The average molecular weight is 398 g/mol. The molecule has 1 saturated heterocycles. The van der Waals surface area contributed by atoms with Crippen molar-refractivity contribution in [3.63, 3.8) is 0 Å². The lowest BCUT2D eigenvalue weighted by atomic mass is 9.91. The molecule has 1 saturated carbocycles. The van der Waals surface area contributed by atoms with Crippen LogP contribution in [0.15, 0.2) is 36.0 Å². The summed E-state index contributed by atoms with van der Waals surface area (Å²) in [7, 11) is 0. The molecule has 1 atom stereocenters. The van der Waals surface area contributed by atoms with Crippen molar-refractivity contribution >= 4 is 35.1 Å². The number of hydrogen-bond acceptors (Lipinski definition) is 5. The normalized spacial score (nSPS) is 21.0. The van der Waals surface area contributed by atoms with E-state index in [0.717, 1.165) is 32.1 Å². The van der Waals surface area contributed by atoms with Crippen LogP contribution in [0.25, 0.3) is 0 Å². The standard InChI is InChI=1S/C21H26N4O4/c1-3-15(23-17-12-8-7-11-16(17)22-13(2)26)18-19(27)24-21(29)25(20(18)28)14-9-5-4-6-10-14/h3,7-8,11-12,14,18,23H,4-6,9-10H2,1-2H3,(H,22,26)(H,24,27,29)/b15-3-/t18-/m1/s1. The summed E-state index contributed by atoms with van der Waals surface area (Å²) in [6.45, 7) is 3.12. The molecule has 3 rings (SSSR count). The van der Waals surface area contributed by atoms with Crippen LogP contribution < -0.4 is 16.0 Å². The third-order valence-corrected chi connectivity index (χ3v) is 5.27.